The summed E-state index contributed by atoms with van der Waals surface area (Å²) in [6.45, 7) is 6.60. The van der Waals surface area contributed by atoms with Crippen LogP contribution in [0, 0.1) is 6.92 Å². The monoisotopic (exact) mass is 448 g/mol. The van der Waals surface area contributed by atoms with Gasteiger partial charge in [-0.1, -0.05) is 59.6 Å². The van der Waals surface area contributed by atoms with Gasteiger partial charge in [-0.3, -0.25) is 0 Å². The highest BCUT2D eigenvalue weighted by atomic mass is 35.5. The van der Waals surface area contributed by atoms with Crippen LogP contribution < -0.4 is 14.8 Å². The lowest BCUT2D eigenvalue weighted by atomic mass is 10.1. The maximum Gasteiger partial charge on any atom is 0.163 e. The molecular formula is C27H29ClN2O2. The lowest BCUT2D eigenvalue weighted by molar-refractivity contribution is 0.269. The quantitative estimate of drug-likeness (QED) is 0.274. The van der Waals surface area contributed by atoms with Crippen LogP contribution in [0.3, 0.4) is 0 Å². The molecule has 4 aromatic rings. The Morgan fingerprint density at radius 1 is 0.938 bits per heavy atom. The molecule has 0 aliphatic heterocycles. The second kappa shape index (κ2) is 10.6. The maximum absolute atomic E-state index is 6.58. The zero-order valence-electron chi connectivity index (χ0n) is 18.6. The summed E-state index contributed by atoms with van der Waals surface area (Å²) in [7, 11) is 0. The topological polar surface area (TPSA) is 46.3 Å². The molecule has 2 N–H and O–H groups in total. The van der Waals surface area contributed by atoms with Crippen LogP contribution in [0.2, 0.25) is 5.02 Å². The van der Waals surface area contributed by atoms with Gasteiger partial charge in [-0.15, -0.1) is 0 Å². The SMILES string of the molecule is CCOc1cc(CNCCc2c[nH]c3ccccc23)c(Cl)cc1OCc1cccc(C)c1. The van der Waals surface area contributed by atoms with E-state index in [-0.39, 0.29) is 0 Å². The van der Waals surface area contributed by atoms with Gasteiger partial charge >= 0.3 is 0 Å². The zero-order valence-corrected chi connectivity index (χ0v) is 19.3. The Kier molecular flexibility index (Phi) is 7.35. The summed E-state index contributed by atoms with van der Waals surface area (Å²) in [6, 6.07) is 20.5. The van der Waals surface area contributed by atoms with E-state index >= 15 is 0 Å². The predicted molar refractivity (Wildman–Crippen MR) is 132 cm³/mol. The summed E-state index contributed by atoms with van der Waals surface area (Å²) in [5.41, 5.74) is 5.81. The molecule has 4 rings (SSSR count). The molecule has 0 atom stereocenters. The van der Waals surface area contributed by atoms with Crippen molar-refractivity contribution in [1.82, 2.24) is 10.3 Å². The average Bonchev–Trinajstić information content (AvgIpc) is 3.21. The highest BCUT2D eigenvalue weighted by Gasteiger charge is 2.12. The molecule has 0 amide bonds. The first-order valence-corrected chi connectivity index (χ1v) is 11.4. The van der Waals surface area contributed by atoms with E-state index in [1.165, 1.54) is 22.0 Å². The third kappa shape index (κ3) is 5.45. The van der Waals surface area contributed by atoms with E-state index in [9.17, 15) is 0 Å². The first-order valence-electron chi connectivity index (χ1n) is 11.0. The molecule has 5 heteroatoms. The van der Waals surface area contributed by atoms with E-state index in [4.69, 9.17) is 21.1 Å². The van der Waals surface area contributed by atoms with Crippen LogP contribution in [0.1, 0.15) is 29.2 Å². The Morgan fingerprint density at radius 3 is 2.62 bits per heavy atom. The molecule has 0 bridgehead atoms. The lowest BCUT2D eigenvalue weighted by Crippen LogP contribution is -2.17. The minimum Gasteiger partial charge on any atom is -0.490 e. The zero-order chi connectivity index (χ0) is 22.3. The number of aryl methyl sites for hydroxylation is 1. The van der Waals surface area contributed by atoms with E-state index in [0.717, 1.165) is 29.8 Å². The third-order valence-electron chi connectivity index (χ3n) is 5.45. The third-order valence-corrected chi connectivity index (χ3v) is 5.80. The molecule has 0 aliphatic rings. The summed E-state index contributed by atoms with van der Waals surface area (Å²) in [5, 5.41) is 5.46. The fourth-order valence-electron chi connectivity index (χ4n) is 3.84. The number of para-hydroxylation sites is 1. The van der Waals surface area contributed by atoms with Gasteiger partial charge < -0.3 is 19.8 Å². The van der Waals surface area contributed by atoms with Crippen molar-refractivity contribution in [2.75, 3.05) is 13.2 Å². The smallest absolute Gasteiger partial charge is 0.163 e. The molecule has 4 nitrogen and oxygen atoms in total. The van der Waals surface area contributed by atoms with Gasteiger partial charge in [-0.2, -0.15) is 0 Å². The number of fused-ring (bicyclic) bond motifs is 1. The lowest BCUT2D eigenvalue weighted by Gasteiger charge is -2.15. The summed E-state index contributed by atoms with van der Waals surface area (Å²) in [4.78, 5) is 3.33. The van der Waals surface area contributed by atoms with Crippen LogP contribution in [0.5, 0.6) is 11.5 Å². The van der Waals surface area contributed by atoms with Crippen LogP contribution in [0.4, 0.5) is 0 Å². The van der Waals surface area contributed by atoms with E-state index in [1.807, 2.05) is 31.2 Å². The number of rotatable bonds is 10. The molecule has 166 valence electrons. The van der Waals surface area contributed by atoms with E-state index in [0.29, 0.717) is 30.5 Å². The van der Waals surface area contributed by atoms with Gasteiger partial charge in [0.2, 0.25) is 0 Å². The number of benzene rings is 3. The molecule has 3 aromatic carbocycles. The minimum atomic E-state index is 0.473. The number of halogens is 1. The van der Waals surface area contributed by atoms with Crippen molar-refractivity contribution in [3.05, 3.63) is 94.1 Å². The maximum atomic E-state index is 6.58. The second-order valence-corrected chi connectivity index (χ2v) is 8.29. The van der Waals surface area contributed by atoms with Crippen LogP contribution in [0.25, 0.3) is 10.9 Å². The highest BCUT2D eigenvalue weighted by molar-refractivity contribution is 6.31. The summed E-state index contributed by atoms with van der Waals surface area (Å²) < 4.78 is 11.9. The fourth-order valence-corrected chi connectivity index (χ4v) is 4.06. The number of hydrogen-bond donors (Lipinski definition) is 2. The Balaban J connectivity index is 1.38. The van der Waals surface area contributed by atoms with Gasteiger partial charge in [0.1, 0.15) is 6.61 Å². The Bertz CT molecular complexity index is 1190. The van der Waals surface area contributed by atoms with Crippen molar-refractivity contribution in [2.24, 2.45) is 0 Å². The Hall–Kier alpha value is -2.95. The van der Waals surface area contributed by atoms with Crippen LogP contribution in [0.15, 0.2) is 66.9 Å². The number of H-pyrrole nitrogens is 1. The minimum absolute atomic E-state index is 0.473. The second-order valence-electron chi connectivity index (χ2n) is 7.89. The first-order chi connectivity index (χ1) is 15.6. The molecular weight excluding hydrogens is 420 g/mol. The highest BCUT2D eigenvalue weighted by Crippen LogP contribution is 2.34. The normalized spacial score (nSPS) is 11.1. The van der Waals surface area contributed by atoms with Gasteiger partial charge in [0, 0.05) is 34.7 Å². The molecule has 0 saturated carbocycles. The van der Waals surface area contributed by atoms with Gasteiger partial charge in [0.05, 0.1) is 6.61 Å². The van der Waals surface area contributed by atoms with Crippen molar-refractivity contribution in [1.29, 1.82) is 0 Å². The Labute approximate surface area is 194 Å². The number of aromatic nitrogens is 1. The van der Waals surface area contributed by atoms with Crippen molar-refractivity contribution >= 4 is 22.5 Å². The van der Waals surface area contributed by atoms with Crippen molar-refractivity contribution in [3.8, 4) is 11.5 Å². The van der Waals surface area contributed by atoms with Crippen LogP contribution in [-0.4, -0.2) is 18.1 Å². The molecule has 0 saturated heterocycles. The van der Waals surface area contributed by atoms with Gasteiger partial charge in [-0.25, -0.2) is 0 Å². The van der Waals surface area contributed by atoms with Gasteiger partial charge in [0.25, 0.3) is 0 Å². The molecule has 0 radical (unpaired) electrons. The van der Waals surface area contributed by atoms with Crippen molar-refractivity contribution in [3.63, 3.8) is 0 Å². The Morgan fingerprint density at radius 2 is 1.78 bits per heavy atom. The summed E-state index contributed by atoms with van der Waals surface area (Å²) >= 11 is 6.58. The van der Waals surface area contributed by atoms with Gasteiger partial charge in [-0.05, 0) is 55.6 Å². The van der Waals surface area contributed by atoms with E-state index in [2.05, 4.69) is 59.8 Å². The number of aromatic amines is 1. The summed E-state index contributed by atoms with van der Waals surface area (Å²) in [5.74, 6) is 1.39. The molecule has 1 aromatic heterocycles. The standard InChI is InChI=1S/C27H29ClN2O2/c1-3-31-26-14-22(16-29-12-11-21-17-30-25-10-5-4-9-23(21)25)24(28)15-27(26)32-18-20-8-6-7-19(2)13-20/h4-10,13-15,17,29-30H,3,11-12,16,18H2,1-2H3. The van der Waals surface area contributed by atoms with Crippen molar-refractivity contribution in [2.45, 2.75) is 33.4 Å². The van der Waals surface area contributed by atoms with Gasteiger partial charge in [0.15, 0.2) is 11.5 Å². The number of hydrogen-bond acceptors (Lipinski definition) is 3. The van der Waals surface area contributed by atoms with E-state index < -0.39 is 0 Å². The number of nitrogens with one attached hydrogen (secondary N) is 2. The summed E-state index contributed by atoms with van der Waals surface area (Å²) in [6.07, 6.45) is 3.03. The number of ether oxygens (including phenoxy) is 2. The average molecular weight is 449 g/mol. The molecule has 0 unspecified atom stereocenters. The molecule has 0 spiro atoms. The first kappa shape index (κ1) is 22.3. The van der Waals surface area contributed by atoms with Crippen LogP contribution in [-0.2, 0) is 19.6 Å². The molecule has 0 fully saturated rings. The fraction of sp³-hybridized carbons (Fsp3) is 0.259. The molecule has 32 heavy (non-hydrogen) atoms. The van der Waals surface area contributed by atoms with Crippen molar-refractivity contribution < 1.29 is 9.47 Å². The molecule has 0 aliphatic carbocycles. The molecule has 1 heterocycles. The van der Waals surface area contributed by atoms with Crippen LogP contribution >= 0.6 is 11.6 Å². The predicted octanol–water partition coefficient (Wildman–Crippen LogP) is 6.44. The van der Waals surface area contributed by atoms with E-state index in [1.54, 1.807) is 0 Å². The largest absolute Gasteiger partial charge is 0.490 e.